The first-order chi connectivity index (χ1) is 7.74. The van der Waals surface area contributed by atoms with Gasteiger partial charge in [0.25, 0.3) is 0 Å². The maximum atomic E-state index is 6.22. The Balaban J connectivity index is 2.58. The summed E-state index contributed by atoms with van der Waals surface area (Å²) in [6.07, 6.45) is 2.18. The topological polar surface area (TPSA) is 26.0 Å². The first-order valence-electron chi connectivity index (χ1n) is 5.98. The highest BCUT2D eigenvalue weighted by Crippen LogP contribution is 2.27. The summed E-state index contributed by atoms with van der Waals surface area (Å²) in [6.45, 7) is 4.33. The molecule has 0 saturated carbocycles. The minimum atomic E-state index is 0.162. The van der Waals surface area contributed by atoms with Gasteiger partial charge in [-0.1, -0.05) is 49.7 Å². The average molecular weight is 213 g/mol. The number of fused-ring (bicyclic) bond motifs is 1. The fraction of sp³-hybridized carbons (Fsp3) is 0.333. The molecule has 2 aromatic carbocycles. The molecule has 0 saturated heterocycles. The second-order valence-corrected chi connectivity index (χ2v) is 4.41. The number of hydrogen-bond donors (Lipinski definition) is 1. The van der Waals surface area contributed by atoms with Gasteiger partial charge in [0, 0.05) is 6.04 Å². The number of aryl methyl sites for hydroxylation is 1. The highest BCUT2D eigenvalue weighted by molar-refractivity contribution is 5.88. The van der Waals surface area contributed by atoms with Gasteiger partial charge in [-0.2, -0.15) is 0 Å². The summed E-state index contributed by atoms with van der Waals surface area (Å²) in [5.74, 6) is 0. The van der Waals surface area contributed by atoms with Crippen molar-refractivity contribution in [1.29, 1.82) is 0 Å². The van der Waals surface area contributed by atoms with Crippen molar-refractivity contribution >= 4 is 10.8 Å². The maximum Gasteiger partial charge on any atom is 0.0300 e. The molecule has 1 nitrogen and oxygen atoms in total. The van der Waals surface area contributed by atoms with Gasteiger partial charge >= 0.3 is 0 Å². The largest absolute Gasteiger partial charge is 0.324 e. The van der Waals surface area contributed by atoms with Crippen molar-refractivity contribution in [1.82, 2.24) is 0 Å². The van der Waals surface area contributed by atoms with E-state index in [1.165, 1.54) is 21.9 Å². The molecular formula is C15H19N. The monoisotopic (exact) mass is 213 g/mol. The van der Waals surface area contributed by atoms with Crippen LogP contribution in [0.1, 0.15) is 36.9 Å². The lowest BCUT2D eigenvalue weighted by atomic mass is 9.94. The summed E-state index contributed by atoms with van der Waals surface area (Å²) < 4.78 is 0. The van der Waals surface area contributed by atoms with Crippen molar-refractivity contribution in [2.45, 2.75) is 32.7 Å². The third kappa shape index (κ3) is 1.96. The molecule has 0 aliphatic rings. The Morgan fingerprint density at radius 3 is 2.44 bits per heavy atom. The van der Waals surface area contributed by atoms with Gasteiger partial charge in [0.05, 0.1) is 0 Å². The van der Waals surface area contributed by atoms with Crippen molar-refractivity contribution in [2.75, 3.05) is 0 Å². The summed E-state index contributed by atoms with van der Waals surface area (Å²) in [4.78, 5) is 0. The minimum absolute atomic E-state index is 0.162. The summed E-state index contributed by atoms with van der Waals surface area (Å²) in [5, 5.41) is 2.63. The minimum Gasteiger partial charge on any atom is -0.324 e. The second-order valence-electron chi connectivity index (χ2n) is 4.41. The Morgan fingerprint density at radius 1 is 1.06 bits per heavy atom. The van der Waals surface area contributed by atoms with E-state index in [0.717, 1.165) is 12.8 Å². The lowest BCUT2D eigenvalue weighted by molar-refractivity contribution is 0.642. The van der Waals surface area contributed by atoms with Crippen molar-refractivity contribution in [2.24, 2.45) is 5.73 Å². The lowest BCUT2D eigenvalue weighted by Gasteiger charge is -2.15. The Labute approximate surface area is 97.3 Å². The highest BCUT2D eigenvalue weighted by atomic mass is 14.6. The van der Waals surface area contributed by atoms with E-state index in [0.29, 0.717) is 0 Å². The molecule has 1 unspecified atom stereocenters. The van der Waals surface area contributed by atoms with E-state index >= 15 is 0 Å². The molecule has 1 atom stereocenters. The van der Waals surface area contributed by atoms with Crippen LogP contribution in [-0.2, 0) is 0 Å². The lowest BCUT2D eigenvalue weighted by Crippen LogP contribution is -2.10. The molecule has 0 amide bonds. The normalized spacial score (nSPS) is 12.9. The SMILES string of the molecule is CCCC(N)c1ccc(C)c2ccccc12. The average Bonchev–Trinajstić information content (AvgIpc) is 2.30. The van der Waals surface area contributed by atoms with E-state index in [1.54, 1.807) is 0 Å². The summed E-state index contributed by atoms with van der Waals surface area (Å²) >= 11 is 0. The van der Waals surface area contributed by atoms with Crippen LogP contribution in [0.3, 0.4) is 0 Å². The van der Waals surface area contributed by atoms with Crippen LogP contribution >= 0.6 is 0 Å². The van der Waals surface area contributed by atoms with Gasteiger partial charge in [0.15, 0.2) is 0 Å². The Hall–Kier alpha value is -1.34. The smallest absolute Gasteiger partial charge is 0.0300 e. The maximum absolute atomic E-state index is 6.22. The molecule has 84 valence electrons. The van der Waals surface area contributed by atoms with Crippen LogP contribution < -0.4 is 5.73 Å². The van der Waals surface area contributed by atoms with Crippen LogP contribution in [0, 0.1) is 6.92 Å². The van der Waals surface area contributed by atoms with Gasteiger partial charge in [-0.05, 0) is 35.2 Å². The molecule has 16 heavy (non-hydrogen) atoms. The van der Waals surface area contributed by atoms with Crippen LogP contribution in [0.4, 0.5) is 0 Å². The van der Waals surface area contributed by atoms with Crippen LogP contribution in [0.15, 0.2) is 36.4 Å². The quantitative estimate of drug-likeness (QED) is 0.820. The zero-order chi connectivity index (χ0) is 11.5. The molecule has 0 fully saturated rings. The van der Waals surface area contributed by atoms with E-state index in [9.17, 15) is 0 Å². The molecule has 2 aromatic rings. The Bertz CT molecular complexity index is 488. The fourth-order valence-electron chi connectivity index (χ4n) is 2.26. The molecule has 0 aliphatic heterocycles. The molecule has 2 rings (SSSR count). The van der Waals surface area contributed by atoms with Gasteiger partial charge in [-0.25, -0.2) is 0 Å². The van der Waals surface area contributed by atoms with Crippen LogP contribution in [0.2, 0.25) is 0 Å². The highest BCUT2D eigenvalue weighted by Gasteiger charge is 2.09. The van der Waals surface area contributed by atoms with E-state index in [2.05, 4.69) is 50.2 Å². The zero-order valence-corrected chi connectivity index (χ0v) is 10.0. The fourth-order valence-corrected chi connectivity index (χ4v) is 2.26. The Kier molecular flexibility index (Phi) is 3.25. The third-order valence-electron chi connectivity index (χ3n) is 3.17. The third-order valence-corrected chi connectivity index (χ3v) is 3.17. The van der Waals surface area contributed by atoms with Gasteiger partial charge in [-0.15, -0.1) is 0 Å². The van der Waals surface area contributed by atoms with Crippen LogP contribution in [-0.4, -0.2) is 0 Å². The first kappa shape index (κ1) is 11.2. The summed E-state index contributed by atoms with van der Waals surface area (Å²) in [7, 11) is 0. The van der Waals surface area contributed by atoms with Crippen molar-refractivity contribution in [3.05, 3.63) is 47.5 Å². The van der Waals surface area contributed by atoms with E-state index in [1.807, 2.05) is 0 Å². The van der Waals surface area contributed by atoms with Gasteiger partial charge in [-0.3, -0.25) is 0 Å². The second kappa shape index (κ2) is 4.67. The Morgan fingerprint density at radius 2 is 1.75 bits per heavy atom. The number of nitrogens with two attached hydrogens (primary N) is 1. The molecule has 0 bridgehead atoms. The predicted octanol–water partition coefficient (Wildman–Crippen LogP) is 3.95. The molecule has 0 spiro atoms. The predicted molar refractivity (Wildman–Crippen MR) is 70.5 cm³/mol. The van der Waals surface area contributed by atoms with Gasteiger partial charge in [0.2, 0.25) is 0 Å². The van der Waals surface area contributed by atoms with Gasteiger partial charge in [0.1, 0.15) is 0 Å². The summed E-state index contributed by atoms with van der Waals surface area (Å²) in [6, 6.07) is 13.0. The van der Waals surface area contributed by atoms with Crippen LogP contribution in [0.5, 0.6) is 0 Å². The van der Waals surface area contributed by atoms with E-state index in [-0.39, 0.29) is 6.04 Å². The molecule has 0 aromatic heterocycles. The van der Waals surface area contributed by atoms with Crippen molar-refractivity contribution in [3.8, 4) is 0 Å². The van der Waals surface area contributed by atoms with Crippen molar-refractivity contribution in [3.63, 3.8) is 0 Å². The molecule has 1 heteroatoms. The first-order valence-corrected chi connectivity index (χ1v) is 5.98. The summed E-state index contributed by atoms with van der Waals surface area (Å²) in [5.41, 5.74) is 8.82. The van der Waals surface area contributed by atoms with E-state index in [4.69, 9.17) is 5.73 Å². The van der Waals surface area contributed by atoms with Crippen LogP contribution in [0.25, 0.3) is 10.8 Å². The number of benzene rings is 2. The molecule has 0 heterocycles. The zero-order valence-electron chi connectivity index (χ0n) is 10.0. The van der Waals surface area contributed by atoms with E-state index < -0.39 is 0 Å². The molecular weight excluding hydrogens is 194 g/mol. The van der Waals surface area contributed by atoms with Gasteiger partial charge < -0.3 is 5.73 Å². The number of rotatable bonds is 3. The number of hydrogen-bond acceptors (Lipinski definition) is 1. The molecule has 0 aliphatic carbocycles. The standard InChI is InChI=1S/C15H19N/c1-3-6-15(16)14-10-9-11(2)12-7-4-5-8-13(12)14/h4-5,7-10,15H,3,6,16H2,1-2H3. The van der Waals surface area contributed by atoms with Crippen molar-refractivity contribution < 1.29 is 0 Å². The molecule has 2 N–H and O–H groups in total. The molecule has 0 radical (unpaired) electrons.